The zero-order valence-electron chi connectivity index (χ0n) is 10.7. The molecule has 2 N–H and O–H groups in total. The number of sulfonamides is 1. The molecule has 1 aromatic rings. The minimum Gasteiger partial charge on any atom is -0.391 e. The van der Waals surface area contributed by atoms with E-state index in [-0.39, 0.29) is 10.6 Å². The smallest absolute Gasteiger partial charge is 0.270 e. The number of aliphatic hydroxyl groups is 1. The molecular weight excluding hydrogens is 284 g/mol. The first-order valence-electron chi connectivity index (χ1n) is 6.35. The molecule has 0 radical (unpaired) electrons. The summed E-state index contributed by atoms with van der Waals surface area (Å²) in [5.74, 6) is 0. The van der Waals surface area contributed by atoms with Crippen molar-refractivity contribution >= 4 is 15.7 Å². The number of nitro benzene ring substituents is 1. The highest BCUT2D eigenvalue weighted by Crippen LogP contribution is 2.22. The maximum absolute atomic E-state index is 12.2. The van der Waals surface area contributed by atoms with Gasteiger partial charge in [0.15, 0.2) is 0 Å². The topological polar surface area (TPSA) is 110 Å². The van der Waals surface area contributed by atoms with Gasteiger partial charge in [-0.1, -0.05) is 18.9 Å². The average molecular weight is 300 g/mol. The fourth-order valence-corrected chi connectivity index (χ4v) is 3.62. The van der Waals surface area contributed by atoms with Gasteiger partial charge in [0.2, 0.25) is 10.0 Å². The molecular formula is C12H16N2O5S. The highest BCUT2D eigenvalue weighted by atomic mass is 32.2. The SMILES string of the molecule is O=[N+]([O-])c1cccc(S(=O)(=O)N[C@@H]2CCCC[C@@H]2O)c1. The molecule has 0 saturated heterocycles. The molecule has 0 bridgehead atoms. The Balaban J connectivity index is 2.21. The summed E-state index contributed by atoms with van der Waals surface area (Å²) in [4.78, 5) is 9.87. The van der Waals surface area contributed by atoms with Crippen LogP contribution in [0.2, 0.25) is 0 Å². The minimum atomic E-state index is -3.86. The maximum Gasteiger partial charge on any atom is 0.270 e. The largest absolute Gasteiger partial charge is 0.391 e. The molecule has 0 spiro atoms. The van der Waals surface area contributed by atoms with Crippen molar-refractivity contribution in [3.05, 3.63) is 34.4 Å². The van der Waals surface area contributed by atoms with Crippen LogP contribution in [-0.2, 0) is 10.0 Å². The lowest BCUT2D eigenvalue weighted by Crippen LogP contribution is -2.44. The van der Waals surface area contributed by atoms with Crippen LogP contribution in [0.1, 0.15) is 25.7 Å². The lowest BCUT2D eigenvalue weighted by atomic mass is 9.93. The summed E-state index contributed by atoms with van der Waals surface area (Å²) < 4.78 is 26.8. The van der Waals surface area contributed by atoms with Gasteiger partial charge in [0.25, 0.3) is 5.69 Å². The zero-order chi connectivity index (χ0) is 14.8. The van der Waals surface area contributed by atoms with Gasteiger partial charge in [0, 0.05) is 18.2 Å². The molecule has 8 heteroatoms. The first-order chi connectivity index (χ1) is 9.40. The molecule has 7 nitrogen and oxygen atoms in total. The van der Waals surface area contributed by atoms with Gasteiger partial charge in [-0.15, -0.1) is 0 Å². The molecule has 1 fully saturated rings. The summed E-state index contributed by atoms with van der Waals surface area (Å²) >= 11 is 0. The zero-order valence-corrected chi connectivity index (χ0v) is 11.5. The van der Waals surface area contributed by atoms with Gasteiger partial charge >= 0.3 is 0 Å². The van der Waals surface area contributed by atoms with E-state index in [1.54, 1.807) is 0 Å². The van der Waals surface area contributed by atoms with Crippen LogP contribution >= 0.6 is 0 Å². The number of nitrogens with zero attached hydrogens (tertiary/aromatic N) is 1. The van der Waals surface area contributed by atoms with Crippen molar-refractivity contribution in [3.63, 3.8) is 0 Å². The van der Waals surface area contributed by atoms with Crippen LogP contribution in [-0.4, -0.2) is 30.6 Å². The third kappa shape index (κ3) is 3.33. The molecule has 0 aliphatic heterocycles. The van der Waals surface area contributed by atoms with Crippen molar-refractivity contribution < 1.29 is 18.4 Å². The third-order valence-corrected chi connectivity index (χ3v) is 4.86. The van der Waals surface area contributed by atoms with Gasteiger partial charge in [0.05, 0.1) is 15.9 Å². The van der Waals surface area contributed by atoms with Gasteiger partial charge < -0.3 is 5.11 Å². The maximum atomic E-state index is 12.2. The van der Waals surface area contributed by atoms with Crippen molar-refractivity contribution in [3.8, 4) is 0 Å². The van der Waals surface area contributed by atoms with Gasteiger partial charge in [0.1, 0.15) is 0 Å². The van der Waals surface area contributed by atoms with Crippen LogP contribution in [0.5, 0.6) is 0 Å². The molecule has 20 heavy (non-hydrogen) atoms. The quantitative estimate of drug-likeness (QED) is 0.641. The first kappa shape index (κ1) is 14.9. The van der Waals surface area contributed by atoms with Crippen molar-refractivity contribution in [2.45, 2.75) is 42.7 Å². The number of rotatable bonds is 4. The van der Waals surface area contributed by atoms with E-state index in [0.717, 1.165) is 18.9 Å². The standard InChI is InChI=1S/C12H16N2O5S/c15-12-7-2-1-6-11(12)13-20(18,19)10-5-3-4-9(8-10)14(16)17/h3-5,8,11-13,15H,1-2,6-7H2/t11-,12+/m1/s1. The number of aliphatic hydroxyl groups excluding tert-OH is 1. The molecule has 2 atom stereocenters. The highest BCUT2D eigenvalue weighted by Gasteiger charge is 2.28. The second-order valence-corrected chi connectivity index (χ2v) is 6.55. The normalized spacial score (nSPS) is 23.4. The molecule has 1 aromatic carbocycles. The predicted molar refractivity (Wildman–Crippen MR) is 71.7 cm³/mol. The molecule has 1 aliphatic carbocycles. The van der Waals surface area contributed by atoms with Crippen LogP contribution in [0.3, 0.4) is 0 Å². The van der Waals surface area contributed by atoms with E-state index in [1.165, 1.54) is 18.2 Å². The fourth-order valence-electron chi connectivity index (χ4n) is 2.28. The Labute approximate surface area is 116 Å². The summed E-state index contributed by atoms with van der Waals surface area (Å²) in [6, 6.07) is 4.33. The number of benzene rings is 1. The van der Waals surface area contributed by atoms with Crippen LogP contribution in [0.25, 0.3) is 0 Å². The Morgan fingerprint density at radius 3 is 2.65 bits per heavy atom. The van der Waals surface area contributed by atoms with E-state index in [1.807, 2.05) is 0 Å². The molecule has 2 rings (SSSR count). The lowest BCUT2D eigenvalue weighted by molar-refractivity contribution is -0.385. The third-order valence-electron chi connectivity index (χ3n) is 3.37. The molecule has 1 aliphatic rings. The predicted octanol–water partition coefficient (Wildman–Crippen LogP) is 1.18. The summed E-state index contributed by atoms with van der Waals surface area (Å²) in [6.45, 7) is 0. The number of non-ortho nitro benzene ring substituents is 1. The molecule has 1 saturated carbocycles. The lowest BCUT2D eigenvalue weighted by Gasteiger charge is -2.28. The Morgan fingerprint density at radius 1 is 1.30 bits per heavy atom. The second kappa shape index (κ2) is 5.86. The van der Waals surface area contributed by atoms with Crippen LogP contribution in [0, 0.1) is 10.1 Å². The van der Waals surface area contributed by atoms with Crippen molar-refractivity contribution in [1.29, 1.82) is 0 Å². The molecule has 0 unspecified atom stereocenters. The number of nitro groups is 1. The van der Waals surface area contributed by atoms with Gasteiger partial charge in [-0.2, -0.15) is 0 Å². The number of hydrogen-bond donors (Lipinski definition) is 2. The number of nitrogens with one attached hydrogen (secondary N) is 1. The van der Waals surface area contributed by atoms with Crippen LogP contribution in [0.4, 0.5) is 5.69 Å². The molecule has 0 amide bonds. The average Bonchev–Trinajstić information content (AvgIpc) is 2.41. The van der Waals surface area contributed by atoms with Crippen molar-refractivity contribution in [2.24, 2.45) is 0 Å². The van der Waals surface area contributed by atoms with E-state index in [9.17, 15) is 23.6 Å². The monoisotopic (exact) mass is 300 g/mol. The summed E-state index contributed by atoms with van der Waals surface area (Å²) in [5.41, 5.74) is -0.280. The Kier molecular flexibility index (Phi) is 4.36. The van der Waals surface area contributed by atoms with Gasteiger partial charge in [-0.05, 0) is 18.9 Å². The summed E-state index contributed by atoms with van der Waals surface area (Å²) in [5, 5.41) is 20.5. The highest BCUT2D eigenvalue weighted by molar-refractivity contribution is 7.89. The summed E-state index contributed by atoms with van der Waals surface area (Å²) in [7, 11) is -3.86. The van der Waals surface area contributed by atoms with Crippen molar-refractivity contribution in [2.75, 3.05) is 0 Å². The van der Waals surface area contributed by atoms with E-state index in [4.69, 9.17) is 0 Å². The Bertz CT molecular complexity index is 602. The number of hydrogen-bond acceptors (Lipinski definition) is 5. The van der Waals surface area contributed by atoms with Gasteiger partial charge in [-0.25, -0.2) is 13.1 Å². The van der Waals surface area contributed by atoms with E-state index in [0.29, 0.717) is 12.8 Å². The molecule has 0 aromatic heterocycles. The summed E-state index contributed by atoms with van der Waals surface area (Å²) in [6.07, 6.45) is 2.13. The van der Waals surface area contributed by atoms with Gasteiger partial charge in [-0.3, -0.25) is 10.1 Å². The van der Waals surface area contributed by atoms with E-state index < -0.39 is 27.1 Å². The first-order valence-corrected chi connectivity index (χ1v) is 7.83. The Morgan fingerprint density at radius 2 is 2.00 bits per heavy atom. The minimum absolute atomic E-state index is 0.163. The Hall–Kier alpha value is -1.51. The van der Waals surface area contributed by atoms with Crippen molar-refractivity contribution in [1.82, 2.24) is 4.72 Å². The van der Waals surface area contributed by atoms with E-state index in [2.05, 4.69) is 4.72 Å². The van der Waals surface area contributed by atoms with E-state index >= 15 is 0 Å². The second-order valence-electron chi connectivity index (χ2n) is 4.83. The molecule has 110 valence electrons. The van der Waals surface area contributed by atoms with Crippen LogP contribution in [0.15, 0.2) is 29.2 Å². The van der Waals surface area contributed by atoms with Crippen LogP contribution < -0.4 is 4.72 Å². The fraction of sp³-hybridized carbons (Fsp3) is 0.500. The molecule has 0 heterocycles.